The summed E-state index contributed by atoms with van der Waals surface area (Å²) < 4.78 is 11.6. The number of carbonyl (C=O) groups is 2. The quantitative estimate of drug-likeness (QED) is 0.291. The van der Waals surface area contributed by atoms with Crippen molar-refractivity contribution < 1.29 is 19.1 Å². The van der Waals surface area contributed by atoms with E-state index < -0.39 is 11.8 Å². The van der Waals surface area contributed by atoms with Gasteiger partial charge in [0.1, 0.15) is 6.61 Å². The maximum atomic E-state index is 12.1. The molecule has 0 aromatic heterocycles. The van der Waals surface area contributed by atoms with Crippen molar-refractivity contribution in [1.82, 2.24) is 5.43 Å². The molecule has 3 aromatic rings. The minimum atomic E-state index is -0.863. The molecule has 0 aliphatic rings. The van der Waals surface area contributed by atoms with Crippen LogP contribution in [0, 0.1) is 20.8 Å². The zero-order valence-corrected chi connectivity index (χ0v) is 19.8. The van der Waals surface area contributed by atoms with Gasteiger partial charge in [-0.05, 0) is 80.3 Å². The van der Waals surface area contributed by atoms with E-state index in [4.69, 9.17) is 9.47 Å². The molecule has 7 nitrogen and oxygen atoms in total. The Bertz CT molecular complexity index is 1190. The highest BCUT2D eigenvalue weighted by atomic mass is 16.5. The number of benzene rings is 3. The summed E-state index contributed by atoms with van der Waals surface area (Å²) in [5, 5.41) is 6.45. The van der Waals surface area contributed by atoms with Crippen molar-refractivity contribution in [3.05, 3.63) is 88.5 Å². The van der Waals surface area contributed by atoms with Crippen LogP contribution in [0.4, 0.5) is 5.69 Å². The lowest BCUT2D eigenvalue weighted by molar-refractivity contribution is -0.136. The first kappa shape index (κ1) is 24.5. The summed E-state index contributed by atoms with van der Waals surface area (Å²) in [5.74, 6) is -0.485. The lowest BCUT2D eigenvalue weighted by atomic mass is 10.1. The van der Waals surface area contributed by atoms with Crippen LogP contribution in [0.25, 0.3) is 0 Å². The number of aryl methyl sites for hydroxylation is 3. The lowest BCUT2D eigenvalue weighted by Gasteiger charge is -2.13. The van der Waals surface area contributed by atoms with Crippen LogP contribution in [0.15, 0.2) is 65.8 Å². The molecule has 0 saturated carbocycles. The number of nitrogens with one attached hydrogen (secondary N) is 2. The van der Waals surface area contributed by atoms with Crippen molar-refractivity contribution in [2.24, 2.45) is 5.10 Å². The molecule has 2 amide bonds. The zero-order chi connectivity index (χ0) is 24.5. The molecule has 176 valence electrons. The fourth-order valence-corrected chi connectivity index (χ4v) is 3.06. The largest absolute Gasteiger partial charge is 0.490 e. The Morgan fingerprint density at radius 1 is 0.853 bits per heavy atom. The summed E-state index contributed by atoms with van der Waals surface area (Å²) in [7, 11) is 0. The van der Waals surface area contributed by atoms with Crippen LogP contribution in [0.1, 0.15) is 34.7 Å². The molecule has 0 radical (unpaired) electrons. The van der Waals surface area contributed by atoms with E-state index in [9.17, 15) is 9.59 Å². The maximum Gasteiger partial charge on any atom is 0.329 e. The molecule has 0 aliphatic heterocycles. The molecule has 34 heavy (non-hydrogen) atoms. The van der Waals surface area contributed by atoms with Crippen LogP contribution < -0.4 is 20.2 Å². The number of anilines is 1. The van der Waals surface area contributed by atoms with Crippen molar-refractivity contribution in [1.29, 1.82) is 0 Å². The van der Waals surface area contributed by atoms with E-state index in [1.807, 2.05) is 64.1 Å². The van der Waals surface area contributed by atoms with Crippen LogP contribution in [0.2, 0.25) is 0 Å². The number of hydrazone groups is 1. The Balaban J connectivity index is 1.59. The van der Waals surface area contributed by atoms with Gasteiger partial charge in [-0.15, -0.1) is 0 Å². The second-order valence-corrected chi connectivity index (χ2v) is 7.87. The smallest absolute Gasteiger partial charge is 0.329 e. The third-order valence-electron chi connectivity index (χ3n) is 5.13. The molecular formula is C27H29N3O4. The van der Waals surface area contributed by atoms with Gasteiger partial charge < -0.3 is 14.8 Å². The van der Waals surface area contributed by atoms with Gasteiger partial charge in [-0.2, -0.15) is 5.10 Å². The molecule has 3 rings (SSSR count). The normalized spacial score (nSPS) is 10.7. The molecule has 0 saturated heterocycles. The second-order valence-electron chi connectivity index (χ2n) is 7.87. The van der Waals surface area contributed by atoms with Gasteiger partial charge in [0, 0.05) is 5.69 Å². The summed E-state index contributed by atoms with van der Waals surface area (Å²) in [6.45, 7) is 8.72. The number of hydrogen-bond acceptors (Lipinski definition) is 5. The second kappa shape index (κ2) is 11.7. The van der Waals surface area contributed by atoms with E-state index in [2.05, 4.69) is 15.8 Å². The van der Waals surface area contributed by atoms with Gasteiger partial charge in [0.15, 0.2) is 11.5 Å². The highest BCUT2D eigenvalue weighted by Crippen LogP contribution is 2.29. The molecule has 7 heteroatoms. The van der Waals surface area contributed by atoms with Crippen molar-refractivity contribution in [2.45, 2.75) is 34.3 Å². The Labute approximate surface area is 199 Å². The molecule has 0 atom stereocenters. The third-order valence-corrected chi connectivity index (χ3v) is 5.13. The van der Waals surface area contributed by atoms with Gasteiger partial charge in [-0.1, -0.05) is 35.9 Å². The predicted octanol–water partition coefficient (Wildman–Crippen LogP) is 4.68. The van der Waals surface area contributed by atoms with Gasteiger partial charge in [-0.25, -0.2) is 5.43 Å². The number of carbonyl (C=O) groups excluding carboxylic acids is 2. The average Bonchev–Trinajstić information content (AvgIpc) is 2.82. The summed E-state index contributed by atoms with van der Waals surface area (Å²) in [4.78, 5) is 24.2. The number of rotatable bonds is 8. The Morgan fingerprint density at radius 3 is 2.32 bits per heavy atom. The van der Waals surface area contributed by atoms with E-state index in [0.717, 1.165) is 16.7 Å². The fraction of sp³-hybridized carbons (Fsp3) is 0.222. The maximum absolute atomic E-state index is 12.1. The lowest BCUT2D eigenvalue weighted by Crippen LogP contribution is -2.32. The molecule has 0 spiro atoms. The van der Waals surface area contributed by atoms with Crippen LogP contribution in [0.5, 0.6) is 11.5 Å². The Morgan fingerprint density at radius 2 is 1.62 bits per heavy atom. The molecule has 0 heterocycles. The molecule has 0 fully saturated rings. The highest BCUT2D eigenvalue weighted by Gasteiger charge is 2.13. The summed E-state index contributed by atoms with van der Waals surface area (Å²) in [6, 6.07) is 18.9. The van der Waals surface area contributed by atoms with E-state index in [0.29, 0.717) is 36.0 Å². The number of hydrogen-bond donors (Lipinski definition) is 2. The Hall–Kier alpha value is -4.13. The molecular weight excluding hydrogens is 430 g/mol. The van der Waals surface area contributed by atoms with Gasteiger partial charge in [-0.3, -0.25) is 9.59 Å². The van der Waals surface area contributed by atoms with Gasteiger partial charge in [0.2, 0.25) is 0 Å². The predicted molar refractivity (Wildman–Crippen MR) is 133 cm³/mol. The van der Waals surface area contributed by atoms with E-state index >= 15 is 0 Å². The molecule has 0 aliphatic carbocycles. The third kappa shape index (κ3) is 6.93. The van der Waals surface area contributed by atoms with Crippen LogP contribution in [-0.2, 0) is 16.2 Å². The van der Waals surface area contributed by atoms with Gasteiger partial charge >= 0.3 is 11.8 Å². The van der Waals surface area contributed by atoms with Crippen LogP contribution >= 0.6 is 0 Å². The first-order valence-corrected chi connectivity index (χ1v) is 11.0. The van der Waals surface area contributed by atoms with E-state index in [-0.39, 0.29) is 0 Å². The highest BCUT2D eigenvalue weighted by molar-refractivity contribution is 6.39. The number of amides is 2. The first-order chi connectivity index (χ1) is 16.4. The van der Waals surface area contributed by atoms with Gasteiger partial charge in [0.25, 0.3) is 0 Å². The van der Waals surface area contributed by atoms with Crippen molar-refractivity contribution in [3.63, 3.8) is 0 Å². The van der Waals surface area contributed by atoms with Crippen molar-refractivity contribution in [2.75, 3.05) is 11.9 Å². The summed E-state index contributed by atoms with van der Waals surface area (Å²) >= 11 is 0. The van der Waals surface area contributed by atoms with Crippen LogP contribution in [-0.4, -0.2) is 24.6 Å². The van der Waals surface area contributed by atoms with Crippen LogP contribution in [0.3, 0.4) is 0 Å². The summed E-state index contributed by atoms with van der Waals surface area (Å²) in [6.07, 6.45) is 1.44. The molecule has 0 bridgehead atoms. The monoisotopic (exact) mass is 459 g/mol. The molecule has 0 unspecified atom stereocenters. The minimum Gasteiger partial charge on any atom is -0.490 e. The Kier molecular flexibility index (Phi) is 8.40. The SMILES string of the molecule is CCOc1cc(/C=N/NC(=O)C(=O)Nc2ccc(C)c(C)c2)ccc1OCc1ccc(C)cc1. The van der Waals surface area contributed by atoms with Gasteiger partial charge in [0.05, 0.1) is 12.8 Å². The minimum absolute atomic E-state index is 0.416. The molecule has 3 aromatic carbocycles. The average molecular weight is 460 g/mol. The van der Waals surface area contributed by atoms with Crippen molar-refractivity contribution in [3.8, 4) is 11.5 Å². The first-order valence-electron chi connectivity index (χ1n) is 11.0. The van der Waals surface area contributed by atoms with E-state index in [1.54, 1.807) is 24.3 Å². The standard InChI is InChI=1S/C27H29N3O4/c1-5-33-25-15-22(11-13-24(25)34-17-21-9-6-18(2)7-10-21)16-28-30-27(32)26(31)29-23-12-8-19(3)20(4)14-23/h6-16H,5,17H2,1-4H3,(H,29,31)(H,30,32)/b28-16+. The number of ether oxygens (including phenoxy) is 2. The fourth-order valence-electron chi connectivity index (χ4n) is 3.06. The molecule has 2 N–H and O–H groups in total. The van der Waals surface area contributed by atoms with Crippen molar-refractivity contribution >= 4 is 23.7 Å². The topological polar surface area (TPSA) is 89.0 Å². The summed E-state index contributed by atoms with van der Waals surface area (Å²) in [5.41, 5.74) is 7.84. The van der Waals surface area contributed by atoms with E-state index in [1.165, 1.54) is 11.8 Å². The zero-order valence-electron chi connectivity index (χ0n) is 19.8. The number of nitrogens with zero attached hydrogens (tertiary/aromatic N) is 1.